The van der Waals surface area contributed by atoms with E-state index in [0.717, 1.165) is 16.1 Å². The average molecular weight is 695 g/mol. The minimum atomic E-state index is -1.94. The number of carbonyl (C=O) groups is 5. The first-order valence-electron chi connectivity index (χ1n) is 15.7. The van der Waals surface area contributed by atoms with Crippen LogP contribution in [0.4, 0.5) is 20.4 Å². The highest BCUT2D eigenvalue weighted by Gasteiger charge is 2.50. The number of ketones is 1. The van der Waals surface area contributed by atoms with Crippen LogP contribution < -0.4 is 21.7 Å². The van der Waals surface area contributed by atoms with Crippen molar-refractivity contribution in [3.63, 3.8) is 0 Å². The third-order valence-electron chi connectivity index (χ3n) is 7.19. The van der Waals surface area contributed by atoms with Crippen molar-refractivity contribution in [1.82, 2.24) is 15.2 Å². The summed E-state index contributed by atoms with van der Waals surface area (Å²) in [6.45, 7) is 13.7. The Morgan fingerprint density at radius 3 is 1.96 bits per heavy atom. The maximum Gasteiger partial charge on any atom is 0.412 e. The molecular weight excluding hydrogens is 648 g/mol. The van der Waals surface area contributed by atoms with Gasteiger partial charge >= 0.3 is 18.1 Å². The number of primary amides is 1. The van der Waals surface area contributed by atoms with Crippen LogP contribution in [0.5, 0.6) is 0 Å². The van der Waals surface area contributed by atoms with Crippen molar-refractivity contribution in [2.45, 2.75) is 86.2 Å². The van der Waals surface area contributed by atoms with Gasteiger partial charge in [-0.3, -0.25) is 14.4 Å². The van der Waals surface area contributed by atoms with Crippen molar-refractivity contribution in [3.05, 3.63) is 75.8 Å². The molecule has 0 bridgehead atoms. The number of hydrogen-bond acceptors (Lipinski definition) is 10. The number of carbonyl (C=O) groups excluding carboxylic acids is 5. The van der Waals surface area contributed by atoms with Crippen molar-refractivity contribution >= 4 is 51.9 Å². The first-order chi connectivity index (χ1) is 22.7. The van der Waals surface area contributed by atoms with Gasteiger partial charge in [0.15, 0.2) is 10.9 Å². The number of anilines is 2. The van der Waals surface area contributed by atoms with Crippen molar-refractivity contribution in [2.24, 2.45) is 11.1 Å². The standard InChI is InChI=1S/C35H46N6O7S/c1-21(42)24-13-15-25(16-14-24)29(44)41(9)20-28-27(38-31(49-28)37-22(2)43)19-12-23-10-17-26(18-11-23)39-35(33(3,4)5,47-30(36)45)48-32(46)40-34(6,7)8/h10-11,13-18,39H,12,19-20H2,1-9H3,(H2,36,45)(H,40,46)(H,37,38,43). The molecule has 3 aromatic rings. The number of thiazole rings is 1. The Kier molecular flexibility index (Phi) is 12.2. The number of nitrogens with zero attached hydrogens (tertiary/aromatic N) is 2. The van der Waals surface area contributed by atoms with E-state index in [9.17, 15) is 24.0 Å². The number of aromatic nitrogens is 1. The highest BCUT2D eigenvalue weighted by atomic mass is 32.1. The summed E-state index contributed by atoms with van der Waals surface area (Å²) >= 11 is 1.30. The van der Waals surface area contributed by atoms with E-state index >= 15 is 0 Å². The Morgan fingerprint density at radius 1 is 0.857 bits per heavy atom. The molecule has 0 aliphatic carbocycles. The number of nitrogens with one attached hydrogen (secondary N) is 3. The molecule has 49 heavy (non-hydrogen) atoms. The van der Waals surface area contributed by atoms with Gasteiger partial charge < -0.3 is 36.1 Å². The van der Waals surface area contributed by atoms with Gasteiger partial charge in [0, 0.05) is 41.2 Å². The molecule has 2 aromatic carbocycles. The lowest BCUT2D eigenvalue weighted by molar-refractivity contribution is -0.202. The maximum absolute atomic E-state index is 13.2. The van der Waals surface area contributed by atoms with E-state index < -0.39 is 29.1 Å². The maximum atomic E-state index is 13.2. The second-order valence-corrected chi connectivity index (χ2v) is 14.8. The first kappa shape index (κ1) is 38.5. The summed E-state index contributed by atoms with van der Waals surface area (Å²) in [5.74, 6) is -2.49. The van der Waals surface area contributed by atoms with Gasteiger partial charge in [-0.25, -0.2) is 14.6 Å². The van der Waals surface area contributed by atoms with Crippen LogP contribution in [-0.4, -0.2) is 58.2 Å². The van der Waals surface area contributed by atoms with E-state index in [1.165, 1.54) is 25.2 Å². The lowest BCUT2D eigenvalue weighted by Crippen LogP contribution is -2.59. The van der Waals surface area contributed by atoms with Gasteiger partial charge in [0.25, 0.3) is 5.91 Å². The third kappa shape index (κ3) is 11.0. The molecule has 14 heteroatoms. The molecule has 0 saturated carbocycles. The van der Waals surface area contributed by atoms with Crippen LogP contribution in [0.3, 0.4) is 0 Å². The van der Waals surface area contributed by atoms with Gasteiger partial charge in [-0.15, -0.1) is 0 Å². The zero-order valence-electron chi connectivity index (χ0n) is 29.5. The number of Topliss-reactive ketones (excluding diaryl/α,β-unsaturated/α-hetero) is 1. The molecular formula is C35H46N6O7S. The second kappa shape index (κ2) is 15.5. The van der Waals surface area contributed by atoms with Gasteiger partial charge in [0.05, 0.1) is 17.7 Å². The zero-order chi connectivity index (χ0) is 36.7. The molecule has 0 aliphatic heterocycles. The molecule has 1 heterocycles. The number of nitrogens with two attached hydrogens (primary N) is 1. The molecule has 0 radical (unpaired) electrons. The molecule has 1 unspecified atom stereocenters. The van der Waals surface area contributed by atoms with Gasteiger partial charge in [-0.05, 0) is 70.4 Å². The van der Waals surface area contributed by atoms with Gasteiger partial charge in [0.1, 0.15) is 0 Å². The highest BCUT2D eigenvalue weighted by molar-refractivity contribution is 7.15. The van der Waals surface area contributed by atoms with Gasteiger partial charge in [-0.2, -0.15) is 0 Å². The number of aryl methyl sites for hydroxylation is 2. The fourth-order valence-electron chi connectivity index (χ4n) is 4.64. The average Bonchev–Trinajstić information content (AvgIpc) is 3.34. The lowest BCUT2D eigenvalue weighted by atomic mass is 9.90. The SMILES string of the molecule is CC(=O)Nc1nc(CCc2ccc(NC(OC(N)=O)(OC(=O)NC(C)(C)C)C(C)(C)C)cc2)c(CN(C)C(=O)c2ccc(C(C)=O)cc2)s1. The third-order valence-corrected chi connectivity index (χ3v) is 8.18. The highest BCUT2D eigenvalue weighted by Crippen LogP contribution is 2.37. The number of ether oxygens (including phenoxy) is 2. The molecule has 13 nitrogen and oxygen atoms in total. The lowest BCUT2D eigenvalue weighted by Gasteiger charge is -2.42. The minimum absolute atomic E-state index is 0.0807. The van der Waals surface area contributed by atoms with Crippen molar-refractivity contribution in [1.29, 1.82) is 0 Å². The quantitative estimate of drug-likeness (QED) is 0.129. The van der Waals surface area contributed by atoms with E-state index in [0.29, 0.717) is 34.8 Å². The summed E-state index contributed by atoms with van der Waals surface area (Å²) in [5, 5.41) is 8.93. The second-order valence-electron chi connectivity index (χ2n) is 13.7. The molecule has 0 aliphatic rings. The van der Waals surface area contributed by atoms with Crippen LogP contribution in [0, 0.1) is 5.41 Å². The predicted octanol–water partition coefficient (Wildman–Crippen LogP) is 6.09. The Bertz CT molecular complexity index is 1670. The molecule has 0 fully saturated rings. The van der Waals surface area contributed by atoms with Gasteiger partial charge in [-0.1, -0.05) is 56.4 Å². The van der Waals surface area contributed by atoms with Crippen molar-refractivity contribution in [2.75, 3.05) is 17.7 Å². The Labute approximate surface area is 290 Å². The van der Waals surface area contributed by atoms with Gasteiger partial charge in [0.2, 0.25) is 5.91 Å². The van der Waals surface area contributed by atoms with E-state index in [-0.39, 0.29) is 24.1 Å². The number of benzene rings is 2. The van der Waals surface area contributed by atoms with Crippen molar-refractivity contribution in [3.8, 4) is 0 Å². The van der Waals surface area contributed by atoms with E-state index in [1.54, 1.807) is 89.9 Å². The van der Waals surface area contributed by atoms with Crippen LogP contribution in [-0.2, 0) is 33.7 Å². The number of rotatable bonds is 12. The largest absolute Gasteiger partial charge is 0.412 e. The summed E-state index contributed by atoms with van der Waals surface area (Å²) in [7, 11) is 1.69. The zero-order valence-corrected chi connectivity index (χ0v) is 30.3. The molecule has 3 rings (SSSR count). The summed E-state index contributed by atoms with van der Waals surface area (Å²) in [4.78, 5) is 68.4. The molecule has 1 atom stereocenters. The normalized spacial score (nSPS) is 12.7. The Balaban J connectivity index is 1.79. The summed E-state index contributed by atoms with van der Waals surface area (Å²) in [5.41, 5.74) is 7.02. The fraction of sp³-hybridized carbons (Fsp3) is 0.429. The number of hydrogen-bond donors (Lipinski definition) is 4. The van der Waals surface area contributed by atoms with E-state index in [2.05, 4.69) is 20.9 Å². The molecule has 4 amide bonds. The van der Waals surface area contributed by atoms with Crippen LogP contribution in [0.15, 0.2) is 48.5 Å². The topological polar surface area (TPSA) is 182 Å². The minimum Gasteiger partial charge on any atom is -0.387 e. The van der Waals surface area contributed by atoms with Crippen LogP contribution >= 0.6 is 11.3 Å². The number of amides is 4. The van der Waals surface area contributed by atoms with Crippen LogP contribution in [0.2, 0.25) is 0 Å². The van der Waals surface area contributed by atoms with Crippen LogP contribution in [0.25, 0.3) is 0 Å². The molecule has 264 valence electrons. The van der Waals surface area contributed by atoms with E-state index in [1.807, 2.05) is 12.1 Å². The van der Waals surface area contributed by atoms with E-state index in [4.69, 9.17) is 15.2 Å². The predicted molar refractivity (Wildman–Crippen MR) is 188 cm³/mol. The molecule has 1 aromatic heterocycles. The first-order valence-corrected chi connectivity index (χ1v) is 16.5. The smallest absolute Gasteiger partial charge is 0.387 e. The monoisotopic (exact) mass is 694 g/mol. The fourth-order valence-corrected chi connectivity index (χ4v) is 5.75. The molecule has 5 N–H and O–H groups in total. The van der Waals surface area contributed by atoms with Crippen LogP contribution in [0.1, 0.15) is 92.2 Å². The summed E-state index contributed by atoms with van der Waals surface area (Å²) < 4.78 is 11.1. The summed E-state index contributed by atoms with van der Waals surface area (Å²) in [6, 6.07) is 13.8. The Morgan fingerprint density at radius 2 is 1.45 bits per heavy atom. The number of alkyl carbamates (subject to hydrolysis) is 1. The summed E-state index contributed by atoms with van der Waals surface area (Å²) in [6.07, 6.45) is -0.837. The Hall–Kier alpha value is -4.98. The molecule has 0 spiro atoms. The molecule has 0 saturated heterocycles. The van der Waals surface area contributed by atoms with Crippen molar-refractivity contribution < 1.29 is 33.4 Å².